The third-order valence-electron chi connectivity index (χ3n) is 0.167. The second-order valence-corrected chi connectivity index (χ2v) is 2.72. The van der Waals surface area contributed by atoms with Crippen molar-refractivity contribution in [2.24, 2.45) is 0 Å². The summed E-state index contributed by atoms with van der Waals surface area (Å²) in [6.45, 7) is 0. The molecule has 0 rings (SSSR count). The molecule has 0 aliphatic carbocycles. The Hall–Kier alpha value is 0.620. The summed E-state index contributed by atoms with van der Waals surface area (Å²) in [6.07, 6.45) is 0. The Balaban J connectivity index is 3.68. The summed E-state index contributed by atoms with van der Waals surface area (Å²) >= 11 is 17.6. The lowest BCUT2D eigenvalue weighted by atomic mass is 11.2. The fourth-order valence-corrected chi connectivity index (χ4v) is 0. The lowest BCUT2D eigenvalue weighted by Gasteiger charge is -2.37. The highest BCUT2D eigenvalue weighted by molar-refractivity contribution is 7.91. The number of rotatable bonds is 0. The van der Waals surface area contributed by atoms with E-state index in [1.54, 1.807) is 0 Å². The van der Waals surface area contributed by atoms with Gasteiger partial charge in [0.05, 0.1) is 0 Å². The lowest BCUT2D eigenvalue weighted by molar-refractivity contribution is 2.40. The van der Waals surface area contributed by atoms with E-state index in [1.807, 2.05) is 0 Å². The molecule has 0 aromatic heterocycles. The highest BCUT2D eigenvalue weighted by Crippen LogP contribution is 1.91. The van der Waals surface area contributed by atoms with Gasteiger partial charge in [-0.2, -0.15) is 0 Å². The van der Waals surface area contributed by atoms with E-state index in [2.05, 4.69) is 50.5 Å². The highest BCUT2D eigenvalue weighted by atomic mass is 32.2. The van der Waals surface area contributed by atoms with Gasteiger partial charge in [-0.25, -0.2) is 0 Å². The summed E-state index contributed by atoms with van der Waals surface area (Å²) in [7, 11) is 0. The van der Waals surface area contributed by atoms with E-state index < -0.39 is 0 Å². The Bertz CT molecular complexity index is 55.6. The van der Waals surface area contributed by atoms with Crippen molar-refractivity contribution in [3.8, 4) is 0 Å². The molecule has 0 heterocycles. The molecule has 0 saturated carbocycles. The van der Waals surface area contributed by atoms with Gasteiger partial charge in [-0.05, 0) is 0 Å². The lowest BCUT2D eigenvalue weighted by Crippen LogP contribution is -1.72. The molecule has 0 bridgehead atoms. The molecule has 0 amide bonds. The Labute approximate surface area is 59.0 Å². The van der Waals surface area contributed by atoms with Crippen LogP contribution in [0.1, 0.15) is 0 Å². The third kappa shape index (κ3) is 2.84. The first-order valence-electron chi connectivity index (χ1n) is 1.07. The van der Waals surface area contributed by atoms with Crippen LogP contribution in [0.25, 0.3) is 0 Å². The van der Waals surface area contributed by atoms with Gasteiger partial charge < -0.3 is 59.0 Å². The minimum atomic E-state index is 0.222. The van der Waals surface area contributed by atoms with Crippen molar-refractivity contribution >= 4 is 50.5 Å². The van der Waals surface area contributed by atoms with Gasteiger partial charge in [-0.15, -0.1) is 0 Å². The molecule has 0 aromatic rings. The van der Waals surface area contributed by atoms with Gasteiger partial charge in [0, 0.05) is 0 Å². The van der Waals surface area contributed by atoms with Crippen LogP contribution in [0.4, 0.5) is 0 Å². The summed E-state index contributed by atoms with van der Waals surface area (Å²) in [5.74, 6) is 0. The summed E-state index contributed by atoms with van der Waals surface area (Å²) in [5, 5.41) is 0. The van der Waals surface area contributed by atoms with Crippen LogP contribution in [0.15, 0.2) is 8.47 Å². The minimum absolute atomic E-state index is 0.222. The molecule has 4 heteroatoms. The van der Waals surface area contributed by atoms with Crippen LogP contribution in [-0.2, 0) is 50.5 Å². The zero-order chi connectivity index (χ0) is 5.15. The summed E-state index contributed by atoms with van der Waals surface area (Å²) < 4.78 is 0.444. The molecule has 0 aliphatic rings. The second kappa shape index (κ2) is 2.74. The molecule has 0 radical (unpaired) electrons. The number of hydrogen-bond acceptors (Lipinski definition) is 4. The van der Waals surface area contributed by atoms with Crippen LogP contribution in [0.5, 0.6) is 0 Å². The molecule has 0 aromatic carbocycles. The first-order chi connectivity index (χ1) is 2.64. The van der Waals surface area contributed by atoms with Crippen molar-refractivity contribution in [1.82, 2.24) is 0 Å². The molecule has 0 aliphatic heterocycles. The molecular formula is C2S4-4. The topological polar surface area (TPSA) is 0 Å². The van der Waals surface area contributed by atoms with Gasteiger partial charge in [0.2, 0.25) is 0 Å². The molecular weight excluding hydrogens is 152 g/mol. The van der Waals surface area contributed by atoms with E-state index in [-0.39, 0.29) is 8.47 Å². The van der Waals surface area contributed by atoms with Gasteiger partial charge in [0.1, 0.15) is 0 Å². The standard InChI is InChI=1S/C2H4S4/c3-1(4)2(5)6/h3-6H/p-4. The molecule has 36 valence electrons. The van der Waals surface area contributed by atoms with Crippen molar-refractivity contribution in [2.45, 2.75) is 0 Å². The summed E-state index contributed by atoms with van der Waals surface area (Å²) in [4.78, 5) is 0. The Kier molecular flexibility index (Phi) is 3.02. The average molecular weight is 152 g/mol. The molecule has 0 spiro atoms. The smallest absolute Gasteiger partial charge is 0.379 e. The minimum Gasteiger partial charge on any atom is -0.810 e. The second-order valence-electron chi connectivity index (χ2n) is 0.575. The zero-order valence-corrected chi connectivity index (χ0v) is 5.90. The third-order valence-corrected chi connectivity index (χ3v) is 1.50. The fourth-order valence-electron chi connectivity index (χ4n) is 0. The zero-order valence-electron chi connectivity index (χ0n) is 2.63. The normalized spacial score (nSPS) is 7.33. The van der Waals surface area contributed by atoms with E-state index in [0.717, 1.165) is 0 Å². The molecule has 0 N–H and O–H groups in total. The van der Waals surface area contributed by atoms with E-state index >= 15 is 0 Å². The van der Waals surface area contributed by atoms with Crippen LogP contribution in [0.3, 0.4) is 0 Å². The maximum atomic E-state index is 4.39. The van der Waals surface area contributed by atoms with Gasteiger partial charge in [0.25, 0.3) is 0 Å². The largest absolute Gasteiger partial charge is 0.810 e. The van der Waals surface area contributed by atoms with Crippen molar-refractivity contribution < 1.29 is 0 Å². The van der Waals surface area contributed by atoms with Gasteiger partial charge in [-0.3, -0.25) is 0 Å². The number of hydrogen-bond donors (Lipinski definition) is 0. The Morgan fingerprint density at radius 1 is 0.667 bits per heavy atom. The van der Waals surface area contributed by atoms with Crippen molar-refractivity contribution in [2.75, 3.05) is 0 Å². The molecule has 0 atom stereocenters. The van der Waals surface area contributed by atoms with Crippen LogP contribution in [0.2, 0.25) is 0 Å². The van der Waals surface area contributed by atoms with E-state index in [4.69, 9.17) is 0 Å². The van der Waals surface area contributed by atoms with E-state index in [1.165, 1.54) is 0 Å². The SMILES string of the molecule is [S-]C([S-])=C([S-])[S-]. The predicted octanol–water partition coefficient (Wildman–Crippen LogP) is 0.301. The van der Waals surface area contributed by atoms with E-state index in [9.17, 15) is 0 Å². The monoisotopic (exact) mass is 152 g/mol. The van der Waals surface area contributed by atoms with Crippen molar-refractivity contribution in [3.63, 3.8) is 0 Å². The van der Waals surface area contributed by atoms with Gasteiger partial charge in [0.15, 0.2) is 0 Å². The van der Waals surface area contributed by atoms with Crippen molar-refractivity contribution in [1.29, 1.82) is 0 Å². The highest BCUT2D eigenvalue weighted by Gasteiger charge is 1.29. The molecule has 0 nitrogen and oxygen atoms in total. The summed E-state index contributed by atoms with van der Waals surface area (Å²) in [5.41, 5.74) is 0. The molecule has 0 unspecified atom stereocenters. The van der Waals surface area contributed by atoms with Crippen LogP contribution in [0, 0.1) is 0 Å². The van der Waals surface area contributed by atoms with Gasteiger partial charge >= 0.3 is 0 Å². The van der Waals surface area contributed by atoms with Crippen molar-refractivity contribution in [3.05, 3.63) is 8.47 Å². The Morgan fingerprint density at radius 2 is 0.833 bits per heavy atom. The first-order valence-corrected chi connectivity index (χ1v) is 2.70. The maximum absolute atomic E-state index is 4.39. The predicted molar refractivity (Wildman–Crippen MR) is 36.5 cm³/mol. The fraction of sp³-hybridized carbons (Fsp3) is 0. The quantitative estimate of drug-likeness (QED) is 0.458. The maximum Gasteiger partial charge on any atom is -0.379 e. The van der Waals surface area contributed by atoms with E-state index in [0.29, 0.717) is 0 Å². The molecule has 0 fully saturated rings. The Morgan fingerprint density at radius 3 is 0.833 bits per heavy atom. The van der Waals surface area contributed by atoms with Gasteiger partial charge in [-0.1, -0.05) is 0 Å². The summed E-state index contributed by atoms with van der Waals surface area (Å²) in [6, 6.07) is 0. The van der Waals surface area contributed by atoms with Crippen LogP contribution < -0.4 is 0 Å². The van der Waals surface area contributed by atoms with Crippen LogP contribution >= 0.6 is 0 Å². The average Bonchev–Trinajstić information content (AvgIpc) is 1.36. The van der Waals surface area contributed by atoms with Crippen LogP contribution in [-0.4, -0.2) is 0 Å². The molecule has 0 saturated heterocycles. The molecule has 6 heavy (non-hydrogen) atoms. The first kappa shape index (κ1) is 6.62.